The first-order valence-electron chi connectivity index (χ1n) is 15.5. The highest BCUT2D eigenvalue weighted by atomic mass is 79.9. The Bertz CT molecular complexity index is 1470. The molecule has 0 aliphatic carbocycles. The van der Waals surface area contributed by atoms with Crippen molar-refractivity contribution in [1.82, 2.24) is 19.7 Å². The van der Waals surface area contributed by atoms with Crippen LogP contribution in [0.2, 0.25) is 0 Å². The van der Waals surface area contributed by atoms with E-state index >= 15 is 0 Å². The van der Waals surface area contributed by atoms with Gasteiger partial charge in [-0.05, 0) is 81.0 Å². The van der Waals surface area contributed by atoms with Crippen molar-refractivity contribution in [3.8, 4) is 11.5 Å². The molecular weight excluding hydrogens is 608 g/mol. The molecule has 5 rings (SSSR count). The predicted molar refractivity (Wildman–Crippen MR) is 174 cm³/mol. The van der Waals surface area contributed by atoms with Crippen LogP contribution in [0.3, 0.4) is 0 Å². The second-order valence-corrected chi connectivity index (χ2v) is 13.4. The number of ether oxygens (including phenoxy) is 2. The van der Waals surface area contributed by atoms with Gasteiger partial charge in [0.1, 0.15) is 22.7 Å². The Morgan fingerprint density at radius 1 is 1.12 bits per heavy atom. The zero-order chi connectivity index (χ0) is 30.7. The smallest absolute Gasteiger partial charge is 0.271 e. The number of nitrogens with zero attached hydrogens (tertiary/aromatic N) is 3. The number of halogens is 1. The summed E-state index contributed by atoms with van der Waals surface area (Å²) in [5.41, 5.74) is 1.14. The number of benzene rings is 2. The quantitative estimate of drug-likeness (QED) is 0.253. The monoisotopic (exact) mass is 652 g/mol. The van der Waals surface area contributed by atoms with E-state index in [1.807, 2.05) is 54.0 Å². The number of amides is 2. The summed E-state index contributed by atoms with van der Waals surface area (Å²) < 4.78 is 14.0. The fourth-order valence-electron chi connectivity index (χ4n) is 7.04. The van der Waals surface area contributed by atoms with Crippen LogP contribution in [-0.4, -0.2) is 72.1 Å². The summed E-state index contributed by atoms with van der Waals surface area (Å²) in [5, 5.41) is 4.15. The maximum Gasteiger partial charge on any atom is 0.271 e. The maximum atomic E-state index is 14.2. The molecule has 1 saturated heterocycles. The van der Waals surface area contributed by atoms with E-state index in [-0.39, 0.29) is 18.4 Å². The second-order valence-electron chi connectivity index (χ2n) is 12.5. The molecule has 2 aliphatic rings. The highest BCUT2D eigenvalue weighted by Gasteiger charge is 2.48. The number of rotatable bonds is 11. The molecule has 3 unspecified atom stereocenters. The predicted octanol–water partition coefficient (Wildman–Crippen LogP) is 6.10. The Morgan fingerprint density at radius 3 is 2.67 bits per heavy atom. The molecule has 2 aromatic carbocycles. The van der Waals surface area contributed by atoms with Gasteiger partial charge in [-0.2, -0.15) is 0 Å². The lowest BCUT2D eigenvalue weighted by Crippen LogP contribution is -2.63. The van der Waals surface area contributed by atoms with E-state index in [1.165, 1.54) is 19.3 Å². The van der Waals surface area contributed by atoms with Crippen molar-refractivity contribution in [2.75, 3.05) is 40.4 Å². The Morgan fingerprint density at radius 2 is 1.93 bits per heavy atom. The molecule has 3 atom stereocenters. The summed E-state index contributed by atoms with van der Waals surface area (Å²) >= 11 is 3.56. The zero-order valence-electron chi connectivity index (χ0n) is 26.1. The lowest BCUT2D eigenvalue weighted by atomic mass is 9.87. The largest absolute Gasteiger partial charge is 0.497 e. The van der Waals surface area contributed by atoms with E-state index in [4.69, 9.17) is 9.47 Å². The SMILES string of the molecule is CCCC1CC(C)CN(CCCNC(=O)C2(C)Cn3c(cc4ccc(OC)cc43)C(=O)N2Cc2cc(Br)ccc2OC)C1. The van der Waals surface area contributed by atoms with Gasteiger partial charge in [-0.15, -0.1) is 0 Å². The van der Waals surface area contributed by atoms with E-state index in [2.05, 4.69) is 40.0 Å². The number of carbonyl (C=O) groups is 2. The number of hydrogen-bond donors (Lipinski definition) is 1. The van der Waals surface area contributed by atoms with Crippen LogP contribution in [0.25, 0.3) is 10.9 Å². The standard InChI is InChI=1S/C34H45BrN4O4/c1-6-8-24-15-23(2)19-37(20-24)14-7-13-36-33(41)34(3)22-38-29-18-28(42-4)11-9-25(29)17-30(38)32(40)39(34)21-26-16-27(35)10-12-31(26)43-5/h9-12,16-18,23-24H,6-8,13-15,19-22H2,1-5H3,(H,36,41). The lowest BCUT2D eigenvalue weighted by Gasteiger charge is -2.44. The van der Waals surface area contributed by atoms with Crippen LogP contribution in [0.15, 0.2) is 46.9 Å². The molecular formula is C34H45BrN4O4. The molecule has 0 spiro atoms. The van der Waals surface area contributed by atoms with Crippen molar-refractivity contribution < 1.29 is 19.1 Å². The van der Waals surface area contributed by atoms with Crippen LogP contribution < -0.4 is 14.8 Å². The lowest BCUT2D eigenvalue weighted by molar-refractivity contribution is -0.133. The molecule has 232 valence electrons. The average Bonchev–Trinajstić information content (AvgIpc) is 3.34. The molecule has 1 aromatic heterocycles. The van der Waals surface area contributed by atoms with Gasteiger partial charge < -0.3 is 29.2 Å². The summed E-state index contributed by atoms with van der Waals surface area (Å²) in [6, 6.07) is 13.4. The van der Waals surface area contributed by atoms with Crippen molar-refractivity contribution in [3.05, 3.63) is 58.2 Å². The zero-order valence-corrected chi connectivity index (χ0v) is 27.7. The van der Waals surface area contributed by atoms with E-state index < -0.39 is 5.54 Å². The van der Waals surface area contributed by atoms with Crippen molar-refractivity contribution in [1.29, 1.82) is 0 Å². The van der Waals surface area contributed by atoms with E-state index in [1.54, 1.807) is 19.1 Å². The Hall–Kier alpha value is -3.04. The molecule has 0 radical (unpaired) electrons. The van der Waals surface area contributed by atoms with Gasteiger partial charge in [0.05, 0.1) is 32.8 Å². The molecule has 43 heavy (non-hydrogen) atoms. The first-order valence-corrected chi connectivity index (χ1v) is 16.3. The van der Waals surface area contributed by atoms with Gasteiger partial charge >= 0.3 is 0 Å². The van der Waals surface area contributed by atoms with Crippen molar-refractivity contribution in [2.45, 2.75) is 65.1 Å². The maximum absolute atomic E-state index is 14.2. The average molecular weight is 654 g/mol. The van der Waals surface area contributed by atoms with E-state index in [0.29, 0.717) is 36.2 Å². The minimum absolute atomic E-state index is 0.152. The highest BCUT2D eigenvalue weighted by molar-refractivity contribution is 9.10. The molecule has 0 bridgehead atoms. The Balaban J connectivity index is 1.39. The van der Waals surface area contributed by atoms with Crippen LogP contribution in [0.4, 0.5) is 0 Å². The van der Waals surface area contributed by atoms with Gasteiger partial charge in [0.2, 0.25) is 5.91 Å². The fraction of sp³-hybridized carbons (Fsp3) is 0.529. The molecule has 1 N–H and O–H groups in total. The van der Waals surface area contributed by atoms with Gasteiger partial charge in [-0.1, -0.05) is 36.2 Å². The number of aromatic nitrogens is 1. The first-order chi connectivity index (χ1) is 20.7. The number of methoxy groups -OCH3 is 2. The molecule has 1 fully saturated rings. The number of nitrogens with one attached hydrogen (secondary N) is 1. The molecule has 0 saturated carbocycles. The molecule has 8 nitrogen and oxygen atoms in total. The normalized spacial score (nSPS) is 22.5. The number of hydrogen-bond acceptors (Lipinski definition) is 5. The van der Waals surface area contributed by atoms with Gasteiger partial charge in [-0.3, -0.25) is 9.59 Å². The number of likely N-dealkylation sites (tertiary alicyclic amines) is 1. The summed E-state index contributed by atoms with van der Waals surface area (Å²) in [5.74, 6) is 2.52. The van der Waals surface area contributed by atoms with E-state index in [0.717, 1.165) is 52.9 Å². The number of piperidine rings is 1. The topological polar surface area (TPSA) is 76.0 Å². The van der Waals surface area contributed by atoms with Crippen LogP contribution in [0.5, 0.6) is 11.5 Å². The summed E-state index contributed by atoms with van der Waals surface area (Å²) in [7, 11) is 3.25. The van der Waals surface area contributed by atoms with Crippen molar-refractivity contribution in [3.63, 3.8) is 0 Å². The molecule has 3 heterocycles. The van der Waals surface area contributed by atoms with Crippen LogP contribution in [0.1, 0.15) is 62.5 Å². The highest BCUT2D eigenvalue weighted by Crippen LogP contribution is 2.36. The number of carbonyl (C=O) groups excluding carboxylic acids is 2. The summed E-state index contributed by atoms with van der Waals surface area (Å²) in [6.45, 7) is 10.8. The minimum Gasteiger partial charge on any atom is -0.497 e. The molecule has 2 aliphatic heterocycles. The molecule has 9 heteroatoms. The van der Waals surface area contributed by atoms with Gasteiger partial charge in [-0.25, -0.2) is 0 Å². The summed E-state index contributed by atoms with van der Waals surface area (Å²) in [4.78, 5) is 32.6. The summed E-state index contributed by atoms with van der Waals surface area (Å²) in [6.07, 6.45) is 4.69. The van der Waals surface area contributed by atoms with Gasteiger partial charge in [0.25, 0.3) is 5.91 Å². The van der Waals surface area contributed by atoms with Crippen LogP contribution >= 0.6 is 15.9 Å². The van der Waals surface area contributed by atoms with Gasteiger partial charge in [0.15, 0.2) is 0 Å². The minimum atomic E-state index is -1.13. The fourth-order valence-corrected chi connectivity index (χ4v) is 7.45. The van der Waals surface area contributed by atoms with Crippen LogP contribution in [0, 0.1) is 11.8 Å². The third kappa shape index (κ3) is 6.58. The third-order valence-corrected chi connectivity index (χ3v) is 9.65. The molecule has 3 aromatic rings. The van der Waals surface area contributed by atoms with Gasteiger partial charge in [0, 0.05) is 41.1 Å². The Kier molecular flexibility index (Phi) is 9.71. The second kappa shape index (κ2) is 13.3. The first kappa shape index (κ1) is 31.4. The van der Waals surface area contributed by atoms with Crippen molar-refractivity contribution in [2.24, 2.45) is 11.8 Å². The molecule has 2 amide bonds. The number of fused-ring (bicyclic) bond motifs is 3. The third-order valence-electron chi connectivity index (χ3n) is 9.15. The van der Waals surface area contributed by atoms with Crippen molar-refractivity contribution >= 4 is 38.6 Å². The Labute approximate surface area is 263 Å². The van der Waals surface area contributed by atoms with E-state index in [9.17, 15) is 9.59 Å². The van der Waals surface area contributed by atoms with Crippen LogP contribution in [-0.2, 0) is 17.9 Å².